The Bertz CT molecular complexity index is 815. The van der Waals surface area contributed by atoms with Crippen molar-refractivity contribution in [2.24, 2.45) is 12.0 Å². The van der Waals surface area contributed by atoms with Crippen molar-refractivity contribution < 1.29 is 4.74 Å². The van der Waals surface area contributed by atoms with Gasteiger partial charge in [-0.05, 0) is 25.5 Å². The first-order valence-electron chi connectivity index (χ1n) is 9.32. The van der Waals surface area contributed by atoms with E-state index in [1.807, 2.05) is 30.7 Å². The van der Waals surface area contributed by atoms with E-state index in [-0.39, 0.29) is 30.0 Å². The van der Waals surface area contributed by atoms with Gasteiger partial charge in [-0.15, -0.1) is 34.2 Å². The highest BCUT2D eigenvalue weighted by molar-refractivity contribution is 14.0. The van der Waals surface area contributed by atoms with E-state index in [0.717, 1.165) is 42.9 Å². The minimum absolute atomic E-state index is 0. The van der Waals surface area contributed by atoms with Gasteiger partial charge >= 0.3 is 0 Å². The molecule has 160 valence electrons. The van der Waals surface area contributed by atoms with Crippen LogP contribution in [0.1, 0.15) is 18.1 Å². The molecule has 0 saturated carbocycles. The highest BCUT2D eigenvalue weighted by Gasteiger charge is 2.25. The number of nitrogens with one attached hydrogen (secondary N) is 2. The normalized spacial score (nSPS) is 16.6. The number of aromatic nitrogens is 4. The fraction of sp³-hybridized carbons (Fsp3) is 0.556. The minimum Gasteiger partial charge on any atom is -0.383 e. The van der Waals surface area contributed by atoms with Gasteiger partial charge in [-0.25, -0.2) is 9.98 Å². The topological polar surface area (TPSA) is 92.5 Å². The van der Waals surface area contributed by atoms with Crippen molar-refractivity contribution in [3.8, 4) is 0 Å². The van der Waals surface area contributed by atoms with Crippen LogP contribution in [0, 0.1) is 6.92 Å². The van der Waals surface area contributed by atoms with Crippen molar-refractivity contribution in [1.82, 2.24) is 30.4 Å². The number of pyridine rings is 1. The van der Waals surface area contributed by atoms with Crippen LogP contribution in [0.5, 0.6) is 0 Å². The molecule has 0 radical (unpaired) electrons. The Morgan fingerprint density at radius 1 is 1.41 bits per heavy atom. The minimum atomic E-state index is 0. The first kappa shape index (κ1) is 23.6. The highest BCUT2D eigenvalue weighted by atomic mass is 127. The van der Waals surface area contributed by atoms with E-state index in [9.17, 15) is 0 Å². The molecule has 2 aromatic heterocycles. The van der Waals surface area contributed by atoms with Crippen LogP contribution in [-0.2, 0) is 18.3 Å². The van der Waals surface area contributed by atoms with Crippen LogP contribution in [-0.4, -0.2) is 65.1 Å². The number of guanidine groups is 1. The lowest BCUT2D eigenvalue weighted by molar-refractivity contribution is 0.203. The monoisotopic (exact) mass is 534 g/mol. The Hall–Kier alpha value is -1.66. The van der Waals surface area contributed by atoms with Crippen LogP contribution in [0.25, 0.3) is 0 Å². The summed E-state index contributed by atoms with van der Waals surface area (Å²) in [6.45, 7) is 5.34. The Morgan fingerprint density at radius 2 is 2.24 bits per heavy atom. The van der Waals surface area contributed by atoms with Gasteiger partial charge in [0.25, 0.3) is 0 Å². The molecule has 1 aliphatic heterocycles. The third-order valence-electron chi connectivity index (χ3n) is 4.73. The summed E-state index contributed by atoms with van der Waals surface area (Å²) in [4.78, 5) is 11.3. The number of hydrogen-bond acceptors (Lipinski definition) is 6. The second kappa shape index (κ2) is 11.5. The van der Waals surface area contributed by atoms with Crippen LogP contribution in [0.2, 0.25) is 5.02 Å². The molecule has 3 rings (SSSR count). The number of hydrogen-bond donors (Lipinski definition) is 2. The molecule has 1 saturated heterocycles. The molecule has 9 nitrogen and oxygen atoms in total. The van der Waals surface area contributed by atoms with Crippen LogP contribution >= 0.6 is 35.6 Å². The Kier molecular flexibility index (Phi) is 9.37. The highest BCUT2D eigenvalue weighted by Crippen LogP contribution is 2.25. The molecule has 29 heavy (non-hydrogen) atoms. The lowest BCUT2D eigenvalue weighted by atomic mass is 10.3. The van der Waals surface area contributed by atoms with Gasteiger partial charge < -0.3 is 24.8 Å². The quantitative estimate of drug-likeness (QED) is 0.242. The molecule has 0 aromatic carbocycles. The standard InChI is InChI=1S/C18H27ClN8O.HI/c1-13-24-25-16(26(13)2)11-22-18(21-8-10-28-3)23-14-6-9-27(12-14)17-15(19)5-4-7-20-17;/h4-5,7,14H,6,8-12H2,1-3H3,(H2,21,22,23);1H. The van der Waals surface area contributed by atoms with E-state index in [4.69, 9.17) is 16.3 Å². The Labute approximate surface area is 193 Å². The van der Waals surface area contributed by atoms with Gasteiger partial charge in [0.2, 0.25) is 0 Å². The van der Waals surface area contributed by atoms with Crippen LogP contribution in [0.3, 0.4) is 0 Å². The van der Waals surface area contributed by atoms with Gasteiger partial charge in [0.15, 0.2) is 11.8 Å². The average Bonchev–Trinajstić information content (AvgIpc) is 3.28. The number of rotatable bonds is 7. The zero-order valence-electron chi connectivity index (χ0n) is 16.9. The summed E-state index contributed by atoms with van der Waals surface area (Å²) in [6, 6.07) is 3.95. The molecule has 2 N–H and O–H groups in total. The van der Waals surface area contributed by atoms with E-state index in [1.54, 1.807) is 13.3 Å². The number of methoxy groups -OCH3 is 1. The average molecular weight is 535 g/mol. The largest absolute Gasteiger partial charge is 0.383 e. The molecule has 1 aliphatic rings. The van der Waals surface area contributed by atoms with E-state index in [2.05, 4.69) is 35.7 Å². The number of aryl methyl sites for hydroxylation is 1. The molecule has 1 fully saturated rings. The van der Waals surface area contributed by atoms with Gasteiger partial charge in [-0.2, -0.15) is 0 Å². The van der Waals surface area contributed by atoms with Crippen LogP contribution in [0.15, 0.2) is 23.3 Å². The fourth-order valence-electron chi connectivity index (χ4n) is 3.04. The lowest BCUT2D eigenvalue weighted by Gasteiger charge is -2.20. The number of ether oxygens (including phenoxy) is 1. The van der Waals surface area contributed by atoms with Gasteiger partial charge in [-0.3, -0.25) is 0 Å². The Balaban J connectivity index is 0.00000300. The predicted molar refractivity (Wildman–Crippen MR) is 125 cm³/mol. The molecule has 3 heterocycles. The van der Waals surface area contributed by atoms with Crippen molar-refractivity contribution >= 4 is 47.4 Å². The van der Waals surface area contributed by atoms with Crippen molar-refractivity contribution in [3.63, 3.8) is 0 Å². The summed E-state index contributed by atoms with van der Waals surface area (Å²) in [6.07, 6.45) is 2.74. The summed E-state index contributed by atoms with van der Waals surface area (Å²) in [5, 5.41) is 15.7. The SMILES string of the molecule is COCCNC(=NCc1nnc(C)n1C)NC1CCN(c2ncccc2Cl)C1.I. The molecule has 1 atom stereocenters. The number of anilines is 1. The number of aliphatic imine (C=N–C) groups is 1. The molecular weight excluding hydrogens is 507 g/mol. The summed E-state index contributed by atoms with van der Waals surface area (Å²) < 4.78 is 7.07. The maximum absolute atomic E-state index is 6.29. The third kappa shape index (κ3) is 6.41. The summed E-state index contributed by atoms with van der Waals surface area (Å²) in [7, 11) is 3.62. The molecule has 0 amide bonds. The molecule has 2 aromatic rings. The second-order valence-corrected chi connectivity index (χ2v) is 7.10. The molecule has 0 spiro atoms. The maximum atomic E-state index is 6.29. The van der Waals surface area contributed by atoms with Crippen molar-refractivity contribution in [1.29, 1.82) is 0 Å². The zero-order valence-corrected chi connectivity index (χ0v) is 20.0. The second-order valence-electron chi connectivity index (χ2n) is 6.69. The first-order chi connectivity index (χ1) is 13.6. The molecule has 0 aliphatic carbocycles. The summed E-state index contributed by atoms with van der Waals surface area (Å²) in [5.74, 6) is 3.25. The third-order valence-corrected chi connectivity index (χ3v) is 5.02. The van der Waals surface area contributed by atoms with E-state index in [1.165, 1.54) is 0 Å². The van der Waals surface area contributed by atoms with E-state index in [0.29, 0.717) is 24.7 Å². The van der Waals surface area contributed by atoms with Gasteiger partial charge in [0, 0.05) is 46.0 Å². The molecule has 1 unspecified atom stereocenters. The van der Waals surface area contributed by atoms with E-state index < -0.39 is 0 Å². The van der Waals surface area contributed by atoms with Crippen molar-refractivity contribution in [2.45, 2.75) is 25.9 Å². The molecule has 0 bridgehead atoms. The van der Waals surface area contributed by atoms with Crippen molar-refractivity contribution in [2.75, 3.05) is 38.3 Å². The van der Waals surface area contributed by atoms with Gasteiger partial charge in [0.05, 0.1) is 11.6 Å². The molecular formula is C18H28ClIN8O. The molecule has 11 heteroatoms. The van der Waals surface area contributed by atoms with Gasteiger partial charge in [0.1, 0.15) is 18.2 Å². The predicted octanol–water partition coefficient (Wildman–Crippen LogP) is 1.75. The van der Waals surface area contributed by atoms with E-state index >= 15 is 0 Å². The smallest absolute Gasteiger partial charge is 0.192 e. The lowest BCUT2D eigenvalue weighted by Crippen LogP contribution is -2.45. The number of nitrogens with zero attached hydrogens (tertiary/aromatic N) is 6. The summed E-state index contributed by atoms with van der Waals surface area (Å²) >= 11 is 6.29. The number of halogens is 2. The van der Waals surface area contributed by atoms with Crippen LogP contribution in [0.4, 0.5) is 5.82 Å². The zero-order chi connectivity index (χ0) is 19.9. The van der Waals surface area contributed by atoms with Gasteiger partial charge in [-0.1, -0.05) is 11.6 Å². The maximum Gasteiger partial charge on any atom is 0.192 e. The summed E-state index contributed by atoms with van der Waals surface area (Å²) in [5.41, 5.74) is 0. The first-order valence-corrected chi connectivity index (χ1v) is 9.70. The van der Waals surface area contributed by atoms with Crippen LogP contribution < -0.4 is 15.5 Å². The Morgan fingerprint density at radius 3 is 2.93 bits per heavy atom. The van der Waals surface area contributed by atoms with Crippen molar-refractivity contribution in [3.05, 3.63) is 35.0 Å². The fourth-order valence-corrected chi connectivity index (χ4v) is 3.28.